The molecule has 0 aliphatic carbocycles. The Bertz CT molecular complexity index is 2920. The second-order valence-corrected chi connectivity index (χ2v) is 17.9. The number of para-hydroxylation sites is 4. The molecule has 0 radical (unpaired) electrons. The van der Waals surface area contributed by atoms with Gasteiger partial charge in [-0.25, -0.2) is 0 Å². The molecule has 51 heavy (non-hydrogen) atoms. The van der Waals surface area contributed by atoms with Crippen molar-refractivity contribution in [3.63, 3.8) is 0 Å². The summed E-state index contributed by atoms with van der Waals surface area (Å²) in [5, 5.41) is 9.41. The third kappa shape index (κ3) is 4.10. The van der Waals surface area contributed by atoms with Crippen molar-refractivity contribution in [1.29, 1.82) is 0 Å². The van der Waals surface area contributed by atoms with Gasteiger partial charge in [0.25, 0.3) is 8.32 Å². The smallest absolute Gasteiger partial charge is 0.261 e. The average molecular weight is 677 g/mol. The summed E-state index contributed by atoms with van der Waals surface area (Å²) < 4.78 is 18.8. The molecule has 0 bridgehead atoms. The Kier molecular flexibility index (Phi) is 6.66. The SMILES string of the molecule is CO[Si](c1ccccc1)(c1cccc2c1oc1c2ccc2c1c1ccc3c(c4ccccc4n3-c3ccccc3)c1n2-c1ccccc1)C(C)C. The fourth-order valence-electron chi connectivity index (χ4n) is 8.84. The number of furan rings is 1. The minimum absolute atomic E-state index is 0.277. The summed E-state index contributed by atoms with van der Waals surface area (Å²) in [7, 11) is -0.814. The summed E-state index contributed by atoms with van der Waals surface area (Å²) in [5.41, 5.74) is 9.04. The summed E-state index contributed by atoms with van der Waals surface area (Å²) in [5.74, 6) is 0. The van der Waals surface area contributed by atoms with Gasteiger partial charge in [0.2, 0.25) is 0 Å². The molecule has 0 amide bonds. The van der Waals surface area contributed by atoms with Gasteiger partial charge in [-0.3, -0.25) is 0 Å². The number of hydrogen-bond donors (Lipinski definition) is 0. The molecule has 0 fully saturated rings. The third-order valence-corrected chi connectivity index (χ3v) is 15.6. The van der Waals surface area contributed by atoms with Crippen LogP contribution in [0.2, 0.25) is 5.54 Å². The van der Waals surface area contributed by atoms with Gasteiger partial charge in [-0.1, -0.05) is 117 Å². The first-order valence-corrected chi connectivity index (χ1v) is 19.7. The van der Waals surface area contributed by atoms with Crippen LogP contribution in [0, 0.1) is 0 Å². The molecule has 0 spiro atoms. The Labute approximate surface area is 296 Å². The van der Waals surface area contributed by atoms with E-state index < -0.39 is 8.32 Å². The van der Waals surface area contributed by atoms with Gasteiger partial charge in [0.05, 0.1) is 27.5 Å². The lowest BCUT2D eigenvalue weighted by Crippen LogP contribution is -2.62. The number of nitrogens with zero attached hydrogens (tertiary/aromatic N) is 2. The Morgan fingerprint density at radius 2 is 1.06 bits per heavy atom. The molecular weight excluding hydrogens is 641 g/mol. The van der Waals surface area contributed by atoms with Crippen molar-refractivity contribution in [3.8, 4) is 11.4 Å². The van der Waals surface area contributed by atoms with Crippen LogP contribution in [-0.2, 0) is 4.43 Å². The van der Waals surface area contributed by atoms with Crippen molar-refractivity contribution in [2.45, 2.75) is 19.4 Å². The van der Waals surface area contributed by atoms with E-state index in [0.717, 1.165) is 44.2 Å². The molecule has 10 rings (SSSR count). The predicted octanol–water partition coefficient (Wildman–Crippen LogP) is 10.9. The lowest BCUT2D eigenvalue weighted by atomic mass is 10.1. The molecular formula is C46H36N2O2Si. The van der Waals surface area contributed by atoms with E-state index in [2.05, 4.69) is 181 Å². The van der Waals surface area contributed by atoms with E-state index in [-0.39, 0.29) is 5.54 Å². The number of aromatic nitrogens is 2. The molecule has 3 aromatic heterocycles. The summed E-state index contributed by atoms with van der Waals surface area (Å²) in [6.45, 7) is 4.57. The van der Waals surface area contributed by atoms with E-state index in [1.54, 1.807) is 0 Å². The van der Waals surface area contributed by atoms with Crippen LogP contribution in [0.4, 0.5) is 0 Å². The van der Waals surface area contributed by atoms with Gasteiger partial charge >= 0.3 is 0 Å². The highest BCUT2D eigenvalue weighted by molar-refractivity contribution is 6.99. The zero-order valence-electron chi connectivity index (χ0n) is 28.8. The summed E-state index contributed by atoms with van der Waals surface area (Å²) in [6, 6.07) is 56.7. The van der Waals surface area contributed by atoms with Crippen LogP contribution < -0.4 is 10.4 Å². The molecule has 7 aromatic carbocycles. The van der Waals surface area contributed by atoms with Crippen molar-refractivity contribution < 1.29 is 8.84 Å². The molecule has 1 atom stereocenters. The van der Waals surface area contributed by atoms with Crippen LogP contribution in [0.3, 0.4) is 0 Å². The normalized spacial score (nSPS) is 13.4. The van der Waals surface area contributed by atoms with Gasteiger partial charge < -0.3 is 18.0 Å². The molecule has 0 aliphatic rings. The minimum atomic E-state index is -2.69. The Morgan fingerprint density at radius 3 is 1.75 bits per heavy atom. The molecule has 246 valence electrons. The number of fused-ring (bicyclic) bond motifs is 11. The molecule has 4 nitrogen and oxygen atoms in total. The molecule has 1 unspecified atom stereocenters. The van der Waals surface area contributed by atoms with E-state index in [9.17, 15) is 0 Å². The second-order valence-electron chi connectivity index (χ2n) is 13.8. The molecule has 0 saturated carbocycles. The minimum Gasteiger partial charge on any atom is -0.455 e. The first kappa shape index (κ1) is 30.0. The van der Waals surface area contributed by atoms with E-state index >= 15 is 0 Å². The highest BCUT2D eigenvalue weighted by atomic mass is 28.4. The van der Waals surface area contributed by atoms with E-state index in [1.807, 2.05) is 7.11 Å². The van der Waals surface area contributed by atoms with E-state index in [0.29, 0.717) is 0 Å². The third-order valence-electron chi connectivity index (χ3n) is 11.0. The van der Waals surface area contributed by atoms with Crippen LogP contribution in [-0.4, -0.2) is 24.6 Å². The second kappa shape index (κ2) is 11.3. The zero-order chi connectivity index (χ0) is 34.3. The summed E-state index contributed by atoms with van der Waals surface area (Å²) in [6.07, 6.45) is 0. The lowest BCUT2D eigenvalue weighted by molar-refractivity contribution is 0.407. The van der Waals surface area contributed by atoms with Crippen molar-refractivity contribution >= 4 is 84.2 Å². The highest BCUT2D eigenvalue weighted by Crippen LogP contribution is 2.45. The summed E-state index contributed by atoms with van der Waals surface area (Å²) >= 11 is 0. The van der Waals surface area contributed by atoms with Gasteiger partial charge in [-0.15, -0.1) is 0 Å². The van der Waals surface area contributed by atoms with Gasteiger partial charge in [0.1, 0.15) is 11.2 Å². The maximum atomic E-state index is 7.24. The van der Waals surface area contributed by atoms with Crippen molar-refractivity contribution in [2.75, 3.05) is 7.11 Å². The van der Waals surface area contributed by atoms with Crippen LogP contribution >= 0.6 is 0 Å². The molecule has 3 heterocycles. The maximum absolute atomic E-state index is 7.24. The number of hydrogen-bond acceptors (Lipinski definition) is 2. The van der Waals surface area contributed by atoms with Crippen LogP contribution in [0.15, 0.2) is 162 Å². The fourth-order valence-corrected chi connectivity index (χ4v) is 12.9. The van der Waals surface area contributed by atoms with E-state index in [4.69, 9.17) is 8.84 Å². The van der Waals surface area contributed by atoms with Crippen molar-refractivity contribution in [2.24, 2.45) is 0 Å². The van der Waals surface area contributed by atoms with Gasteiger partial charge in [-0.05, 0) is 65.3 Å². The molecule has 5 heteroatoms. The standard InChI is InChI=1S/C46H36N2O2Si/c1-30(2)51(49-3,33-20-11-6-12-21-33)41-25-15-23-34-35-26-28-40-43(46(35)50-45(34)41)37-27-29-39-42(44(37)48(40)32-18-9-5-10-19-32)36-22-13-14-24-38(36)47(39)31-16-7-4-8-17-31/h4-30H,1-3H3. The maximum Gasteiger partial charge on any atom is 0.261 e. The lowest BCUT2D eigenvalue weighted by Gasteiger charge is -2.34. The molecule has 0 N–H and O–H groups in total. The van der Waals surface area contributed by atoms with E-state index in [1.165, 1.54) is 43.1 Å². The molecule has 10 aromatic rings. The number of rotatable bonds is 6. The predicted molar refractivity (Wildman–Crippen MR) is 216 cm³/mol. The number of benzene rings is 7. The first-order chi connectivity index (χ1) is 25.1. The first-order valence-electron chi connectivity index (χ1n) is 17.7. The topological polar surface area (TPSA) is 32.2 Å². The Morgan fingerprint density at radius 1 is 0.490 bits per heavy atom. The monoisotopic (exact) mass is 676 g/mol. The highest BCUT2D eigenvalue weighted by Gasteiger charge is 2.44. The average Bonchev–Trinajstić information content (AvgIpc) is 3.84. The van der Waals surface area contributed by atoms with Crippen molar-refractivity contribution in [1.82, 2.24) is 9.13 Å². The van der Waals surface area contributed by atoms with Crippen LogP contribution in [0.25, 0.3) is 76.9 Å². The Hall–Kier alpha value is -5.88. The fraction of sp³-hybridized carbons (Fsp3) is 0.0870. The van der Waals surface area contributed by atoms with Gasteiger partial charge in [-0.2, -0.15) is 0 Å². The largest absolute Gasteiger partial charge is 0.455 e. The molecule has 0 aliphatic heterocycles. The zero-order valence-corrected chi connectivity index (χ0v) is 29.8. The van der Waals surface area contributed by atoms with Crippen molar-refractivity contribution in [3.05, 3.63) is 158 Å². The summed E-state index contributed by atoms with van der Waals surface area (Å²) in [4.78, 5) is 0. The van der Waals surface area contributed by atoms with Crippen LogP contribution in [0.5, 0.6) is 0 Å². The van der Waals surface area contributed by atoms with Gasteiger partial charge in [0.15, 0.2) is 0 Å². The Balaban J connectivity index is 1.38. The molecule has 0 saturated heterocycles. The van der Waals surface area contributed by atoms with Crippen LogP contribution in [0.1, 0.15) is 13.8 Å². The quantitative estimate of drug-likeness (QED) is 0.164. The van der Waals surface area contributed by atoms with Gasteiger partial charge in [0, 0.05) is 50.6 Å².